The number of aliphatic imine (C=N–C) groups is 1. The molecule has 2 aromatic carbocycles. The van der Waals surface area contributed by atoms with E-state index in [1.807, 2.05) is 30.5 Å². The number of benzene rings is 2. The van der Waals surface area contributed by atoms with Crippen LogP contribution in [0.15, 0.2) is 52.4 Å². The number of nitrogens with zero attached hydrogens (tertiary/aromatic N) is 1. The average molecular weight is 272 g/mol. The first-order valence-corrected chi connectivity index (χ1v) is 7.07. The number of anilines is 1. The monoisotopic (exact) mass is 272 g/mol. The summed E-state index contributed by atoms with van der Waals surface area (Å²) in [4.78, 5) is 5.64. The van der Waals surface area contributed by atoms with Crippen LogP contribution >= 0.6 is 11.8 Å². The molecular formula is C15H16N2OS. The van der Waals surface area contributed by atoms with Crippen LogP contribution in [0.5, 0.6) is 5.75 Å². The second kappa shape index (κ2) is 6.29. The van der Waals surface area contributed by atoms with E-state index >= 15 is 0 Å². The van der Waals surface area contributed by atoms with Gasteiger partial charge in [-0.3, -0.25) is 4.99 Å². The highest BCUT2D eigenvalue weighted by Crippen LogP contribution is 2.26. The first-order valence-electron chi connectivity index (χ1n) is 5.84. The molecule has 0 amide bonds. The number of hydrogen-bond donors (Lipinski definition) is 1. The summed E-state index contributed by atoms with van der Waals surface area (Å²) in [5, 5.41) is 0. The summed E-state index contributed by atoms with van der Waals surface area (Å²) >= 11 is 1.72. The Morgan fingerprint density at radius 3 is 2.47 bits per heavy atom. The first-order chi connectivity index (χ1) is 9.22. The van der Waals surface area contributed by atoms with Crippen LogP contribution < -0.4 is 10.5 Å². The Balaban J connectivity index is 2.15. The minimum atomic E-state index is 0.592. The molecule has 0 spiro atoms. The molecule has 0 heterocycles. The molecule has 0 aliphatic heterocycles. The van der Waals surface area contributed by atoms with Gasteiger partial charge in [-0.2, -0.15) is 0 Å². The van der Waals surface area contributed by atoms with Gasteiger partial charge in [0.15, 0.2) is 0 Å². The third-order valence-corrected chi connectivity index (χ3v) is 3.44. The van der Waals surface area contributed by atoms with Crippen molar-refractivity contribution in [1.82, 2.24) is 0 Å². The van der Waals surface area contributed by atoms with E-state index in [4.69, 9.17) is 10.5 Å². The lowest BCUT2D eigenvalue weighted by Gasteiger charge is -2.04. The van der Waals surface area contributed by atoms with E-state index in [0.29, 0.717) is 11.4 Å². The number of methoxy groups -OCH3 is 1. The molecule has 2 rings (SSSR count). The summed E-state index contributed by atoms with van der Waals surface area (Å²) in [6.07, 6.45) is 3.88. The molecule has 0 aliphatic rings. The molecule has 0 radical (unpaired) electrons. The van der Waals surface area contributed by atoms with Gasteiger partial charge in [0.2, 0.25) is 0 Å². The minimum absolute atomic E-state index is 0.592. The second-order valence-corrected chi connectivity index (χ2v) is 4.84. The molecule has 0 aliphatic carbocycles. The number of thioether (sulfide) groups is 1. The van der Waals surface area contributed by atoms with Gasteiger partial charge in [-0.15, -0.1) is 11.8 Å². The van der Waals surface area contributed by atoms with Gasteiger partial charge >= 0.3 is 0 Å². The summed E-state index contributed by atoms with van der Waals surface area (Å²) in [5.41, 5.74) is 8.30. The maximum atomic E-state index is 5.84. The lowest BCUT2D eigenvalue weighted by molar-refractivity contribution is 0.417. The largest absolute Gasteiger partial charge is 0.495 e. The summed E-state index contributed by atoms with van der Waals surface area (Å²) < 4.78 is 5.11. The van der Waals surface area contributed by atoms with Crippen molar-refractivity contribution in [2.24, 2.45) is 4.99 Å². The van der Waals surface area contributed by atoms with Crippen molar-refractivity contribution in [3.05, 3.63) is 48.0 Å². The Morgan fingerprint density at radius 2 is 1.89 bits per heavy atom. The normalized spacial score (nSPS) is 10.8. The fourth-order valence-corrected chi connectivity index (χ4v) is 2.05. The van der Waals surface area contributed by atoms with Crippen LogP contribution in [0.4, 0.5) is 11.4 Å². The summed E-state index contributed by atoms with van der Waals surface area (Å²) in [7, 11) is 1.60. The minimum Gasteiger partial charge on any atom is -0.495 e. The number of nitrogens with two attached hydrogens (primary N) is 1. The lowest BCUT2D eigenvalue weighted by atomic mass is 10.2. The van der Waals surface area contributed by atoms with Crippen molar-refractivity contribution >= 4 is 29.4 Å². The predicted octanol–water partition coefficient (Wildman–Crippen LogP) is 3.75. The number of hydrogen-bond acceptors (Lipinski definition) is 4. The van der Waals surface area contributed by atoms with Crippen molar-refractivity contribution in [2.75, 3.05) is 19.1 Å². The topological polar surface area (TPSA) is 47.6 Å². The molecule has 0 aromatic heterocycles. The summed E-state index contributed by atoms with van der Waals surface area (Å²) in [6, 6.07) is 13.7. The number of ether oxygens (including phenoxy) is 1. The van der Waals surface area contributed by atoms with Gasteiger partial charge in [-0.05, 0) is 42.2 Å². The van der Waals surface area contributed by atoms with Crippen molar-refractivity contribution in [3.63, 3.8) is 0 Å². The lowest BCUT2D eigenvalue weighted by Crippen LogP contribution is -1.91. The molecule has 2 aromatic rings. The Hall–Kier alpha value is -1.94. The molecule has 0 fully saturated rings. The number of rotatable bonds is 4. The molecule has 2 N–H and O–H groups in total. The Kier molecular flexibility index (Phi) is 4.47. The van der Waals surface area contributed by atoms with Gasteiger partial charge in [0, 0.05) is 11.1 Å². The smallest absolute Gasteiger partial charge is 0.141 e. The molecule has 3 nitrogen and oxygen atoms in total. The van der Waals surface area contributed by atoms with Crippen LogP contribution in [0.2, 0.25) is 0 Å². The second-order valence-electron chi connectivity index (χ2n) is 3.96. The van der Waals surface area contributed by atoms with Gasteiger partial charge in [0.25, 0.3) is 0 Å². The molecular weight excluding hydrogens is 256 g/mol. The molecule has 0 unspecified atom stereocenters. The van der Waals surface area contributed by atoms with E-state index in [-0.39, 0.29) is 0 Å². The van der Waals surface area contributed by atoms with E-state index in [1.165, 1.54) is 4.90 Å². The van der Waals surface area contributed by atoms with E-state index in [0.717, 1.165) is 11.3 Å². The van der Waals surface area contributed by atoms with E-state index in [9.17, 15) is 0 Å². The Bertz CT molecular complexity index is 579. The SMILES string of the molecule is COc1ccc(N=Cc2ccc(SC)cc2)cc1N. The molecule has 0 bridgehead atoms. The van der Waals surface area contributed by atoms with Crippen molar-refractivity contribution < 1.29 is 4.74 Å². The van der Waals surface area contributed by atoms with Crippen molar-refractivity contribution in [2.45, 2.75) is 4.90 Å². The van der Waals surface area contributed by atoms with Gasteiger partial charge < -0.3 is 10.5 Å². The highest BCUT2D eigenvalue weighted by atomic mass is 32.2. The van der Waals surface area contributed by atoms with Gasteiger partial charge in [0.1, 0.15) is 5.75 Å². The maximum absolute atomic E-state index is 5.84. The van der Waals surface area contributed by atoms with Crippen LogP contribution in [0.25, 0.3) is 0 Å². The van der Waals surface area contributed by atoms with E-state index < -0.39 is 0 Å². The van der Waals surface area contributed by atoms with Crippen molar-refractivity contribution in [1.29, 1.82) is 0 Å². The zero-order valence-corrected chi connectivity index (χ0v) is 11.8. The third kappa shape index (κ3) is 3.51. The van der Waals surface area contributed by atoms with Gasteiger partial charge in [-0.25, -0.2) is 0 Å². The highest BCUT2D eigenvalue weighted by molar-refractivity contribution is 7.98. The molecule has 0 atom stereocenters. The van der Waals surface area contributed by atoms with E-state index in [2.05, 4.69) is 23.4 Å². The highest BCUT2D eigenvalue weighted by Gasteiger charge is 1.99. The molecule has 19 heavy (non-hydrogen) atoms. The molecule has 98 valence electrons. The predicted molar refractivity (Wildman–Crippen MR) is 82.9 cm³/mol. The van der Waals surface area contributed by atoms with Crippen LogP contribution in [0.3, 0.4) is 0 Å². The molecule has 4 heteroatoms. The number of nitrogen functional groups attached to an aromatic ring is 1. The molecule has 0 saturated heterocycles. The van der Waals surface area contributed by atoms with Gasteiger partial charge in [-0.1, -0.05) is 12.1 Å². The van der Waals surface area contributed by atoms with Crippen molar-refractivity contribution in [3.8, 4) is 5.75 Å². The zero-order chi connectivity index (χ0) is 13.7. The van der Waals surface area contributed by atoms with Crippen LogP contribution in [0, 0.1) is 0 Å². The fourth-order valence-electron chi connectivity index (χ4n) is 1.64. The first kappa shape index (κ1) is 13.5. The maximum Gasteiger partial charge on any atom is 0.141 e. The summed E-state index contributed by atoms with van der Waals surface area (Å²) in [6.45, 7) is 0. The van der Waals surface area contributed by atoms with Crippen LogP contribution in [-0.4, -0.2) is 19.6 Å². The Morgan fingerprint density at radius 1 is 1.16 bits per heavy atom. The standard InChI is InChI=1S/C15H16N2OS/c1-18-15-8-5-12(9-14(15)16)17-10-11-3-6-13(19-2)7-4-11/h3-10H,16H2,1-2H3. The summed E-state index contributed by atoms with van der Waals surface area (Å²) in [5.74, 6) is 0.670. The fraction of sp³-hybridized carbons (Fsp3) is 0.133. The van der Waals surface area contributed by atoms with Crippen LogP contribution in [-0.2, 0) is 0 Å². The van der Waals surface area contributed by atoms with Gasteiger partial charge in [0.05, 0.1) is 18.5 Å². The van der Waals surface area contributed by atoms with Crippen LogP contribution in [0.1, 0.15) is 5.56 Å². The average Bonchev–Trinajstić information content (AvgIpc) is 2.46. The zero-order valence-electron chi connectivity index (χ0n) is 11.0. The molecule has 0 saturated carbocycles. The van der Waals surface area contributed by atoms with E-state index in [1.54, 1.807) is 24.9 Å². The quantitative estimate of drug-likeness (QED) is 0.524. The Labute approximate surface area is 117 Å². The third-order valence-electron chi connectivity index (χ3n) is 2.69.